The van der Waals surface area contributed by atoms with Gasteiger partial charge in [0.25, 0.3) is 0 Å². The van der Waals surface area contributed by atoms with Gasteiger partial charge in [-0.1, -0.05) is 24.3 Å². The number of aliphatic hydroxyl groups excluding tert-OH is 1. The molecule has 1 unspecified atom stereocenters. The van der Waals surface area contributed by atoms with Crippen LogP contribution in [-0.4, -0.2) is 11.7 Å². The number of rotatable bonds is 3. The van der Waals surface area contributed by atoms with Gasteiger partial charge in [-0.25, -0.2) is 8.78 Å². The fraction of sp³-hybridized carbons (Fsp3) is 0.250. The second kappa shape index (κ2) is 5.21. The lowest BCUT2D eigenvalue weighted by atomic mass is 9.98. The van der Waals surface area contributed by atoms with Crippen LogP contribution < -0.4 is 5.32 Å². The second-order valence-electron chi connectivity index (χ2n) is 5.03. The first-order valence-corrected chi connectivity index (χ1v) is 6.63. The van der Waals surface area contributed by atoms with Gasteiger partial charge in [-0.15, -0.1) is 0 Å². The largest absolute Gasteiger partial charge is 0.388 e. The molecule has 20 heavy (non-hydrogen) atoms. The van der Waals surface area contributed by atoms with Crippen LogP contribution in [0, 0.1) is 11.6 Å². The number of halogens is 2. The van der Waals surface area contributed by atoms with Crippen molar-refractivity contribution < 1.29 is 13.9 Å². The Morgan fingerprint density at radius 1 is 1.15 bits per heavy atom. The highest BCUT2D eigenvalue weighted by Gasteiger charge is 2.19. The predicted molar refractivity (Wildman–Crippen MR) is 73.7 cm³/mol. The van der Waals surface area contributed by atoms with E-state index in [1.807, 2.05) is 18.2 Å². The molecule has 0 fully saturated rings. The number of anilines is 1. The first-order chi connectivity index (χ1) is 9.65. The topological polar surface area (TPSA) is 32.3 Å². The number of benzene rings is 2. The first kappa shape index (κ1) is 13.1. The molecule has 2 N–H and O–H groups in total. The van der Waals surface area contributed by atoms with Crippen LogP contribution in [0.5, 0.6) is 0 Å². The van der Waals surface area contributed by atoms with E-state index >= 15 is 0 Å². The zero-order chi connectivity index (χ0) is 14.1. The molecule has 1 atom stereocenters. The average molecular weight is 275 g/mol. The van der Waals surface area contributed by atoms with E-state index in [-0.39, 0.29) is 6.42 Å². The molecular formula is C16H15F2NO. The van der Waals surface area contributed by atoms with E-state index in [9.17, 15) is 13.9 Å². The van der Waals surface area contributed by atoms with Crippen LogP contribution in [0.2, 0.25) is 0 Å². The van der Waals surface area contributed by atoms with Gasteiger partial charge in [0.1, 0.15) is 0 Å². The summed E-state index contributed by atoms with van der Waals surface area (Å²) in [7, 11) is 0. The monoisotopic (exact) mass is 275 g/mol. The van der Waals surface area contributed by atoms with Crippen LogP contribution in [0.3, 0.4) is 0 Å². The van der Waals surface area contributed by atoms with Crippen molar-refractivity contribution in [3.63, 3.8) is 0 Å². The van der Waals surface area contributed by atoms with E-state index in [0.717, 1.165) is 36.3 Å². The molecule has 0 bridgehead atoms. The molecule has 1 aliphatic heterocycles. The summed E-state index contributed by atoms with van der Waals surface area (Å²) in [5, 5.41) is 13.6. The number of fused-ring (bicyclic) bond motifs is 1. The molecule has 3 rings (SSSR count). The van der Waals surface area contributed by atoms with E-state index in [0.29, 0.717) is 5.56 Å². The maximum atomic E-state index is 13.2. The quantitative estimate of drug-likeness (QED) is 0.901. The van der Waals surface area contributed by atoms with Crippen LogP contribution in [0.15, 0.2) is 36.4 Å². The minimum atomic E-state index is -0.883. The van der Waals surface area contributed by atoms with Crippen molar-refractivity contribution in [2.75, 3.05) is 11.9 Å². The molecule has 0 amide bonds. The van der Waals surface area contributed by atoms with Gasteiger partial charge in [0.05, 0.1) is 6.10 Å². The van der Waals surface area contributed by atoms with Crippen molar-refractivity contribution in [1.29, 1.82) is 0 Å². The number of hydrogen-bond donors (Lipinski definition) is 2. The minimum Gasteiger partial charge on any atom is -0.388 e. The Kier molecular flexibility index (Phi) is 3.40. The van der Waals surface area contributed by atoms with E-state index in [1.165, 1.54) is 11.6 Å². The summed E-state index contributed by atoms with van der Waals surface area (Å²) in [4.78, 5) is 0. The molecule has 2 aromatic carbocycles. The van der Waals surface area contributed by atoms with Crippen LogP contribution in [-0.2, 0) is 12.8 Å². The van der Waals surface area contributed by atoms with Crippen molar-refractivity contribution in [3.8, 4) is 0 Å². The summed E-state index contributed by atoms with van der Waals surface area (Å²) in [5.74, 6) is -1.75. The molecular weight excluding hydrogens is 260 g/mol. The summed E-state index contributed by atoms with van der Waals surface area (Å²) in [6.45, 7) is 0.865. The van der Waals surface area contributed by atoms with Gasteiger partial charge >= 0.3 is 0 Å². The summed E-state index contributed by atoms with van der Waals surface area (Å²) < 4.78 is 26.1. The lowest BCUT2D eigenvalue weighted by molar-refractivity contribution is 0.179. The summed E-state index contributed by atoms with van der Waals surface area (Å²) >= 11 is 0. The molecule has 0 saturated carbocycles. The lowest BCUT2D eigenvalue weighted by Gasteiger charge is -2.15. The summed E-state index contributed by atoms with van der Waals surface area (Å²) in [6.07, 6.45) is 0.469. The predicted octanol–water partition coefficient (Wildman–Crippen LogP) is 3.21. The van der Waals surface area contributed by atoms with E-state index in [2.05, 4.69) is 5.32 Å². The van der Waals surface area contributed by atoms with Gasteiger partial charge in [-0.05, 0) is 29.7 Å². The normalized spacial score (nSPS) is 14.8. The zero-order valence-electron chi connectivity index (χ0n) is 10.9. The van der Waals surface area contributed by atoms with Gasteiger partial charge in [0, 0.05) is 24.2 Å². The number of hydrogen-bond acceptors (Lipinski definition) is 2. The Bertz CT molecular complexity index is 642. The Hall–Kier alpha value is -1.94. The van der Waals surface area contributed by atoms with Crippen LogP contribution in [0.1, 0.15) is 22.8 Å². The third-order valence-corrected chi connectivity index (χ3v) is 3.65. The van der Waals surface area contributed by atoms with Crippen molar-refractivity contribution >= 4 is 5.69 Å². The first-order valence-electron chi connectivity index (χ1n) is 6.63. The van der Waals surface area contributed by atoms with Crippen molar-refractivity contribution in [3.05, 3.63) is 64.7 Å². The fourth-order valence-electron chi connectivity index (χ4n) is 2.64. The molecule has 2 nitrogen and oxygen atoms in total. The average Bonchev–Trinajstić information content (AvgIpc) is 2.91. The Labute approximate surface area is 116 Å². The Morgan fingerprint density at radius 2 is 2.00 bits per heavy atom. The number of para-hydroxylation sites is 1. The second-order valence-corrected chi connectivity index (χ2v) is 5.03. The molecule has 0 saturated heterocycles. The van der Waals surface area contributed by atoms with Gasteiger partial charge in [0.15, 0.2) is 11.6 Å². The molecule has 1 heterocycles. The van der Waals surface area contributed by atoms with E-state index in [1.54, 1.807) is 0 Å². The van der Waals surface area contributed by atoms with Crippen molar-refractivity contribution in [1.82, 2.24) is 0 Å². The standard InChI is InChI=1S/C16H15F2NO/c17-13-5-4-10(8-14(13)18)9-15(20)12-3-1-2-11-6-7-19-16(11)12/h1-5,8,15,19-20H,6-7,9H2. The lowest BCUT2D eigenvalue weighted by Crippen LogP contribution is -2.06. The van der Waals surface area contributed by atoms with Gasteiger partial charge in [-0.2, -0.15) is 0 Å². The maximum Gasteiger partial charge on any atom is 0.159 e. The highest BCUT2D eigenvalue weighted by Crippen LogP contribution is 2.32. The van der Waals surface area contributed by atoms with Crippen LogP contribution >= 0.6 is 0 Å². The summed E-state index contributed by atoms with van der Waals surface area (Å²) in [6, 6.07) is 9.53. The number of aliphatic hydroxyl groups is 1. The minimum absolute atomic E-state index is 0.259. The van der Waals surface area contributed by atoms with Crippen LogP contribution in [0.25, 0.3) is 0 Å². The van der Waals surface area contributed by atoms with Gasteiger partial charge in [0.2, 0.25) is 0 Å². The molecule has 4 heteroatoms. The van der Waals surface area contributed by atoms with E-state index < -0.39 is 17.7 Å². The van der Waals surface area contributed by atoms with Crippen LogP contribution in [0.4, 0.5) is 14.5 Å². The maximum absolute atomic E-state index is 13.2. The van der Waals surface area contributed by atoms with E-state index in [4.69, 9.17) is 0 Å². The van der Waals surface area contributed by atoms with Gasteiger partial charge in [-0.3, -0.25) is 0 Å². The fourth-order valence-corrected chi connectivity index (χ4v) is 2.64. The molecule has 0 radical (unpaired) electrons. The Balaban J connectivity index is 1.84. The molecule has 1 aliphatic rings. The number of nitrogens with one attached hydrogen (secondary N) is 1. The van der Waals surface area contributed by atoms with Crippen molar-refractivity contribution in [2.24, 2.45) is 0 Å². The molecule has 104 valence electrons. The third kappa shape index (κ3) is 2.39. The Morgan fingerprint density at radius 3 is 2.80 bits per heavy atom. The van der Waals surface area contributed by atoms with Gasteiger partial charge < -0.3 is 10.4 Å². The zero-order valence-corrected chi connectivity index (χ0v) is 10.9. The molecule has 2 aromatic rings. The molecule has 0 aliphatic carbocycles. The highest BCUT2D eigenvalue weighted by molar-refractivity contribution is 5.62. The third-order valence-electron chi connectivity index (χ3n) is 3.65. The smallest absolute Gasteiger partial charge is 0.159 e. The highest BCUT2D eigenvalue weighted by atomic mass is 19.2. The molecule has 0 spiro atoms. The van der Waals surface area contributed by atoms with Crippen molar-refractivity contribution in [2.45, 2.75) is 18.9 Å². The molecule has 0 aromatic heterocycles. The SMILES string of the molecule is OC(Cc1ccc(F)c(F)c1)c1cccc2c1NCC2. The summed E-state index contributed by atoms with van der Waals surface area (Å²) in [5.41, 5.74) is 3.55.